The normalized spacial score (nSPS) is 21.6. The second kappa shape index (κ2) is 6.81. The highest BCUT2D eigenvalue weighted by Gasteiger charge is 2.43. The number of alkyl halides is 2. The third kappa shape index (κ3) is 3.35. The van der Waals surface area contributed by atoms with Gasteiger partial charge in [0.1, 0.15) is 0 Å². The van der Waals surface area contributed by atoms with Gasteiger partial charge in [-0.25, -0.2) is 8.78 Å². The standard InChI is InChI=1S/C21H23F2N3O2/c1-25-11-15(4-7-18(25)27)13-2-5-16-14(10-13)3-6-17(16)19(24)20(28)26-9-8-21(22,23)12-26/h2,4-5,7,10-11,17,19H,3,6,8-9,12,24H2,1H3/t17-,19-/m0/s1. The summed E-state index contributed by atoms with van der Waals surface area (Å²) in [6, 6.07) is 8.51. The van der Waals surface area contributed by atoms with E-state index in [1.807, 2.05) is 12.1 Å². The van der Waals surface area contributed by atoms with Crippen molar-refractivity contribution in [1.29, 1.82) is 0 Å². The van der Waals surface area contributed by atoms with Crippen LogP contribution in [0.4, 0.5) is 8.78 Å². The minimum Gasteiger partial charge on any atom is -0.335 e. The highest BCUT2D eigenvalue weighted by Crippen LogP contribution is 2.38. The fourth-order valence-corrected chi connectivity index (χ4v) is 4.27. The summed E-state index contributed by atoms with van der Waals surface area (Å²) in [4.78, 5) is 25.4. The van der Waals surface area contributed by atoms with Crippen LogP contribution in [-0.4, -0.2) is 40.4 Å². The maximum Gasteiger partial charge on any atom is 0.267 e. The number of nitrogens with two attached hydrogens (primary N) is 1. The number of aryl methyl sites for hydroxylation is 2. The van der Waals surface area contributed by atoms with Gasteiger partial charge in [-0.3, -0.25) is 9.59 Å². The molecule has 1 aliphatic heterocycles. The van der Waals surface area contributed by atoms with Crippen molar-refractivity contribution in [2.45, 2.75) is 37.1 Å². The molecule has 1 aliphatic carbocycles. The van der Waals surface area contributed by atoms with Gasteiger partial charge in [-0.1, -0.05) is 18.2 Å². The molecule has 0 saturated carbocycles. The van der Waals surface area contributed by atoms with Crippen LogP contribution in [-0.2, 0) is 18.3 Å². The van der Waals surface area contributed by atoms with Gasteiger partial charge in [-0.15, -0.1) is 0 Å². The maximum absolute atomic E-state index is 13.4. The Kier molecular flexibility index (Phi) is 4.57. The number of likely N-dealkylation sites (tertiary alicyclic amines) is 1. The molecule has 0 spiro atoms. The van der Waals surface area contributed by atoms with Crippen molar-refractivity contribution in [3.8, 4) is 11.1 Å². The molecule has 0 unspecified atom stereocenters. The van der Waals surface area contributed by atoms with E-state index in [1.165, 1.54) is 15.5 Å². The predicted octanol–water partition coefficient (Wildman–Crippen LogP) is 2.28. The molecule has 2 atom stereocenters. The smallest absolute Gasteiger partial charge is 0.267 e. The summed E-state index contributed by atoms with van der Waals surface area (Å²) in [5.41, 5.74) is 10.2. The Morgan fingerprint density at radius 1 is 1.25 bits per heavy atom. The van der Waals surface area contributed by atoms with Crippen LogP contribution in [0.3, 0.4) is 0 Å². The number of amides is 1. The van der Waals surface area contributed by atoms with E-state index in [0.29, 0.717) is 0 Å². The van der Waals surface area contributed by atoms with Crippen LogP contribution < -0.4 is 11.3 Å². The first-order valence-electron chi connectivity index (χ1n) is 9.47. The van der Waals surface area contributed by atoms with Crippen LogP contribution in [0, 0.1) is 0 Å². The van der Waals surface area contributed by atoms with Crippen molar-refractivity contribution >= 4 is 5.91 Å². The van der Waals surface area contributed by atoms with E-state index >= 15 is 0 Å². The SMILES string of the molecule is Cn1cc(-c2ccc3c(c2)CC[C@@H]3[C@H](N)C(=O)N2CCC(F)(F)C2)ccc1=O. The lowest BCUT2D eigenvalue weighted by molar-refractivity contribution is -0.133. The lowest BCUT2D eigenvalue weighted by Gasteiger charge is -2.25. The van der Waals surface area contributed by atoms with Gasteiger partial charge in [0.05, 0.1) is 12.6 Å². The number of rotatable bonds is 3. The Balaban J connectivity index is 1.55. The van der Waals surface area contributed by atoms with E-state index in [1.54, 1.807) is 19.3 Å². The molecule has 4 rings (SSSR count). The number of fused-ring (bicyclic) bond motifs is 1. The third-order valence-corrected chi connectivity index (χ3v) is 5.89. The molecule has 7 heteroatoms. The second-order valence-corrected chi connectivity index (χ2v) is 7.82. The third-order valence-electron chi connectivity index (χ3n) is 5.89. The molecule has 2 N–H and O–H groups in total. The van der Waals surface area contributed by atoms with Crippen molar-refractivity contribution in [3.63, 3.8) is 0 Å². The molecule has 148 valence electrons. The van der Waals surface area contributed by atoms with Gasteiger partial charge in [0.15, 0.2) is 0 Å². The first-order valence-corrected chi connectivity index (χ1v) is 9.47. The fourth-order valence-electron chi connectivity index (χ4n) is 4.27. The van der Waals surface area contributed by atoms with Gasteiger partial charge in [0.25, 0.3) is 5.92 Å². The molecule has 2 aliphatic rings. The Bertz CT molecular complexity index is 986. The number of benzene rings is 1. The van der Waals surface area contributed by atoms with Gasteiger partial charge in [0, 0.05) is 38.2 Å². The average Bonchev–Trinajstić information content (AvgIpc) is 3.25. The van der Waals surface area contributed by atoms with Crippen LogP contribution in [0.15, 0.2) is 41.3 Å². The molecular weight excluding hydrogens is 364 g/mol. The average molecular weight is 387 g/mol. The number of hydrogen-bond donors (Lipinski definition) is 1. The highest BCUT2D eigenvalue weighted by molar-refractivity contribution is 5.83. The minimum absolute atomic E-state index is 0.0603. The summed E-state index contributed by atoms with van der Waals surface area (Å²) in [5, 5.41) is 0. The zero-order valence-corrected chi connectivity index (χ0v) is 15.7. The number of halogens is 2. The Morgan fingerprint density at radius 2 is 2.00 bits per heavy atom. The first kappa shape index (κ1) is 18.8. The Hall–Kier alpha value is -2.54. The van der Waals surface area contributed by atoms with E-state index in [0.717, 1.165) is 35.1 Å². The molecule has 2 heterocycles. The zero-order chi connectivity index (χ0) is 20.1. The van der Waals surface area contributed by atoms with E-state index in [-0.39, 0.29) is 24.4 Å². The van der Waals surface area contributed by atoms with E-state index < -0.39 is 24.4 Å². The molecular formula is C21H23F2N3O2. The van der Waals surface area contributed by atoms with Crippen molar-refractivity contribution in [2.75, 3.05) is 13.1 Å². The van der Waals surface area contributed by atoms with Crippen LogP contribution in [0.5, 0.6) is 0 Å². The summed E-state index contributed by atoms with van der Waals surface area (Å²) < 4.78 is 28.4. The van der Waals surface area contributed by atoms with Gasteiger partial charge < -0.3 is 15.2 Å². The lowest BCUT2D eigenvalue weighted by atomic mass is 9.91. The number of nitrogens with zero attached hydrogens (tertiary/aromatic N) is 2. The maximum atomic E-state index is 13.4. The van der Waals surface area contributed by atoms with E-state index in [4.69, 9.17) is 5.73 Å². The topological polar surface area (TPSA) is 68.3 Å². The summed E-state index contributed by atoms with van der Waals surface area (Å²) in [6.45, 7) is -0.477. The van der Waals surface area contributed by atoms with Crippen LogP contribution in [0.2, 0.25) is 0 Å². The number of carbonyl (C=O) groups excluding carboxylic acids is 1. The number of pyridine rings is 1. The number of aromatic nitrogens is 1. The molecule has 28 heavy (non-hydrogen) atoms. The minimum atomic E-state index is -2.81. The highest BCUT2D eigenvalue weighted by atomic mass is 19.3. The molecule has 1 aromatic heterocycles. The Morgan fingerprint density at radius 3 is 2.68 bits per heavy atom. The van der Waals surface area contributed by atoms with Crippen LogP contribution >= 0.6 is 0 Å². The van der Waals surface area contributed by atoms with Crippen molar-refractivity contribution < 1.29 is 13.6 Å². The summed E-state index contributed by atoms with van der Waals surface area (Å²) >= 11 is 0. The molecule has 0 radical (unpaired) electrons. The molecule has 1 amide bonds. The quantitative estimate of drug-likeness (QED) is 0.879. The van der Waals surface area contributed by atoms with Crippen LogP contribution in [0.25, 0.3) is 11.1 Å². The second-order valence-electron chi connectivity index (χ2n) is 7.82. The number of carbonyl (C=O) groups is 1. The monoisotopic (exact) mass is 387 g/mol. The largest absolute Gasteiger partial charge is 0.335 e. The van der Waals surface area contributed by atoms with Crippen molar-refractivity contribution in [2.24, 2.45) is 12.8 Å². The van der Waals surface area contributed by atoms with E-state index in [9.17, 15) is 18.4 Å². The molecule has 1 aromatic carbocycles. The summed E-state index contributed by atoms with van der Waals surface area (Å²) in [5.74, 6) is -3.36. The van der Waals surface area contributed by atoms with Gasteiger partial charge in [0.2, 0.25) is 11.5 Å². The fraction of sp³-hybridized carbons (Fsp3) is 0.429. The Labute approximate surface area is 161 Å². The molecule has 1 fully saturated rings. The van der Waals surface area contributed by atoms with Crippen molar-refractivity contribution in [1.82, 2.24) is 9.47 Å². The van der Waals surface area contributed by atoms with E-state index in [2.05, 4.69) is 6.07 Å². The first-order chi connectivity index (χ1) is 13.2. The molecule has 5 nitrogen and oxygen atoms in total. The molecule has 2 aromatic rings. The van der Waals surface area contributed by atoms with Gasteiger partial charge in [-0.05, 0) is 41.2 Å². The summed E-state index contributed by atoms with van der Waals surface area (Å²) in [7, 11) is 1.71. The summed E-state index contributed by atoms with van der Waals surface area (Å²) in [6.07, 6.45) is 3.01. The van der Waals surface area contributed by atoms with Gasteiger partial charge in [-0.2, -0.15) is 0 Å². The predicted molar refractivity (Wildman–Crippen MR) is 102 cm³/mol. The van der Waals surface area contributed by atoms with Gasteiger partial charge >= 0.3 is 0 Å². The molecule has 1 saturated heterocycles. The van der Waals surface area contributed by atoms with Crippen molar-refractivity contribution in [3.05, 3.63) is 58.0 Å². The lowest BCUT2D eigenvalue weighted by Crippen LogP contribution is -2.46. The molecule has 0 bridgehead atoms. The zero-order valence-electron chi connectivity index (χ0n) is 15.7. The van der Waals surface area contributed by atoms with Crippen LogP contribution in [0.1, 0.15) is 29.9 Å². The number of hydrogen-bond acceptors (Lipinski definition) is 3.